The highest BCUT2D eigenvalue weighted by Gasteiger charge is 2.05. The molecule has 1 aliphatic carbocycles. The minimum atomic E-state index is 0.775. The van der Waals surface area contributed by atoms with Crippen LogP contribution in [0.2, 0.25) is 0 Å². The summed E-state index contributed by atoms with van der Waals surface area (Å²) in [7, 11) is 0. The van der Waals surface area contributed by atoms with Crippen molar-refractivity contribution in [2.75, 3.05) is 0 Å². The molecule has 2 N–H and O–H groups in total. The maximum Gasteiger partial charge on any atom is 0.0650 e. The molecule has 2 heteroatoms. The van der Waals surface area contributed by atoms with E-state index in [9.17, 15) is 0 Å². The van der Waals surface area contributed by atoms with Crippen LogP contribution in [-0.4, -0.2) is 5.71 Å². The van der Waals surface area contributed by atoms with Crippen LogP contribution in [-0.2, 0) is 0 Å². The second-order valence-corrected chi connectivity index (χ2v) is 3.26. The first-order valence-electron chi connectivity index (χ1n) is 4.54. The van der Waals surface area contributed by atoms with E-state index < -0.39 is 0 Å². The molecule has 0 bridgehead atoms. The minimum absolute atomic E-state index is 0.775. The number of hydrazone groups is 1. The van der Waals surface area contributed by atoms with Crippen molar-refractivity contribution in [2.24, 2.45) is 10.9 Å². The van der Waals surface area contributed by atoms with Crippen molar-refractivity contribution in [3.63, 3.8) is 0 Å². The van der Waals surface area contributed by atoms with Crippen molar-refractivity contribution in [3.8, 4) is 0 Å². The summed E-state index contributed by atoms with van der Waals surface area (Å²) in [6.07, 6.45) is 4.66. The van der Waals surface area contributed by atoms with Crippen LogP contribution in [0.1, 0.15) is 6.42 Å². The lowest BCUT2D eigenvalue weighted by atomic mass is 9.98. The van der Waals surface area contributed by atoms with Crippen LogP contribution in [0.15, 0.2) is 42.0 Å². The van der Waals surface area contributed by atoms with Gasteiger partial charge in [-0.15, -0.1) is 0 Å². The molecule has 0 aromatic heterocycles. The van der Waals surface area contributed by atoms with Gasteiger partial charge in [0.1, 0.15) is 0 Å². The lowest BCUT2D eigenvalue weighted by Gasteiger charge is -2.08. The summed E-state index contributed by atoms with van der Waals surface area (Å²) in [6.45, 7) is 3.81. The molecule has 0 unspecified atom stereocenters. The highest BCUT2D eigenvalue weighted by atomic mass is 15.1. The van der Waals surface area contributed by atoms with Crippen LogP contribution in [0, 0.1) is 0 Å². The maximum atomic E-state index is 5.29. The monoisotopic (exact) mass is 184 g/mol. The molecule has 1 aromatic rings. The van der Waals surface area contributed by atoms with Crippen LogP contribution < -0.4 is 16.3 Å². The first-order chi connectivity index (χ1) is 6.85. The number of hydrogen-bond acceptors (Lipinski definition) is 2. The van der Waals surface area contributed by atoms with E-state index in [-0.39, 0.29) is 0 Å². The van der Waals surface area contributed by atoms with E-state index in [0.29, 0.717) is 0 Å². The van der Waals surface area contributed by atoms with E-state index >= 15 is 0 Å². The quantitative estimate of drug-likeness (QED) is 0.501. The van der Waals surface area contributed by atoms with Gasteiger partial charge in [0, 0.05) is 6.42 Å². The van der Waals surface area contributed by atoms with Gasteiger partial charge in [0.15, 0.2) is 0 Å². The molecule has 0 saturated carbocycles. The summed E-state index contributed by atoms with van der Waals surface area (Å²) in [5.41, 5.74) is 2.09. The molecule has 70 valence electrons. The summed E-state index contributed by atoms with van der Waals surface area (Å²) in [5.74, 6) is 5.29. The number of nitrogens with two attached hydrogens (primary N) is 1. The maximum absolute atomic E-state index is 5.29. The van der Waals surface area contributed by atoms with E-state index in [0.717, 1.165) is 17.4 Å². The van der Waals surface area contributed by atoms with Gasteiger partial charge in [-0.1, -0.05) is 36.9 Å². The van der Waals surface area contributed by atoms with Gasteiger partial charge in [-0.2, -0.15) is 5.10 Å². The number of benzene rings is 1. The Morgan fingerprint density at radius 1 is 1.36 bits per heavy atom. The summed E-state index contributed by atoms with van der Waals surface area (Å²) in [5, 5.41) is 6.13. The van der Waals surface area contributed by atoms with Gasteiger partial charge in [-0.3, -0.25) is 0 Å². The van der Waals surface area contributed by atoms with Gasteiger partial charge in [0.2, 0.25) is 0 Å². The molecule has 14 heavy (non-hydrogen) atoms. The first-order valence-corrected chi connectivity index (χ1v) is 4.54. The molecule has 1 aliphatic rings. The van der Waals surface area contributed by atoms with Crippen molar-refractivity contribution >= 4 is 17.4 Å². The van der Waals surface area contributed by atoms with Gasteiger partial charge in [0.25, 0.3) is 0 Å². The second-order valence-electron chi connectivity index (χ2n) is 3.26. The third kappa shape index (κ3) is 1.35. The van der Waals surface area contributed by atoms with Crippen LogP contribution in [0.4, 0.5) is 0 Å². The summed E-state index contributed by atoms with van der Waals surface area (Å²) >= 11 is 0. The zero-order valence-electron chi connectivity index (χ0n) is 7.90. The summed E-state index contributed by atoms with van der Waals surface area (Å²) in [6, 6.07) is 8.19. The largest absolute Gasteiger partial charge is 0.323 e. The third-order valence-corrected chi connectivity index (χ3v) is 2.41. The number of allylic oxidation sites excluding steroid dienone is 1. The predicted octanol–water partition coefficient (Wildman–Crippen LogP) is 0.522. The lowest BCUT2D eigenvalue weighted by molar-refractivity contribution is 1.22. The van der Waals surface area contributed by atoms with Crippen molar-refractivity contribution in [1.82, 2.24) is 0 Å². The van der Waals surface area contributed by atoms with E-state index in [1.807, 2.05) is 24.3 Å². The molecule has 0 amide bonds. The van der Waals surface area contributed by atoms with E-state index in [4.69, 9.17) is 5.84 Å². The van der Waals surface area contributed by atoms with Crippen LogP contribution in [0.5, 0.6) is 0 Å². The molecule has 0 aliphatic heterocycles. The van der Waals surface area contributed by atoms with Crippen LogP contribution >= 0.6 is 0 Å². The molecule has 2 nitrogen and oxygen atoms in total. The fourth-order valence-electron chi connectivity index (χ4n) is 1.70. The van der Waals surface area contributed by atoms with Gasteiger partial charge in [0.05, 0.1) is 5.71 Å². The van der Waals surface area contributed by atoms with Gasteiger partial charge < -0.3 is 5.84 Å². The molecular formula is C12H12N2. The smallest absolute Gasteiger partial charge is 0.0650 e. The molecule has 1 aromatic carbocycles. The number of rotatable bonds is 1. The lowest BCUT2D eigenvalue weighted by Crippen LogP contribution is -2.31. The zero-order chi connectivity index (χ0) is 9.97. The topological polar surface area (TPSA) is 38.4 Å². The Hall–Kier alpha value is -1.83. The molecule has 0 fully saturated rings. The highest BCUT2D eigenvalue weighted by Crippen LogP contribution is 2.06. The van der Waals surface area contributed by atoms with Crippen molar-refractivity contribution in [1.29, 1.82) is 0 Å². The normalized spacial score (nSPS) is 17.4. The number of nitrogens with zero attached hydrogens (tertiary/aromatic N) is 1. The Labute approximate surface area is 82.8 Å². The van der Waals surface area contributed by atoms with Crippen LogP contribution in [0.25, 0.3) is 11.6 Å². The van der Waals surface area contributed by atoms with Crippen molar-refractivity contribution < 1.29 is 0 Å². The molecule has 0 heterocycles. The highest BCUT2D eigenvalue weighted by molar-refractivity contribution is 6.14. The summed E-state index contributed by atoms with van der Waals surface area (Å²) < 4.78 is 0. The first kappa shape index (κ1) is 8.75. The van der Waals surface area contributed by atoms with E-state index in [1.165, 1.54) is 10.8 Å². The minimum Gasteiger partial charge on any atom is -0.323 e. The van der Waals surface area contributed by atoms with Gasteiger partial charge >= 0.3 is 0 Å². The number of fused-ring (bicyclic) bond motifs is 1. The SMILES string of the molecule is C=CC1=c2ccccc2=CC(=NN)C1. The second kappa shape index (κ2) is 3.50. The number of hydrogen-bond donors (Lipinski definition) is 1. The van der Waals surface area contributed by atoms with Crippen molar-refractivity contribution in [2.45, 2.75) is 6.42 Å². The Kier molecular flexibility index (Phi) is 2.19. The Morgan fingerprint density at radius 3 is 2.86 bits per heavy atom. The molecular weight excluding hydrogens is 172 g/mol. The third-order valence-electron chi connectivity index (χ3n) is 2.41. The van der Waals surface area contributed by atoms with Crippen molar-refractivity contribution in [3.05, 3.63) is 47.4 Å². The molecule has 0 atom stereocenters. The summed E-state index contributed by atoms with van der Waals surface area (Å²) in [4.78, 5) is 0. The molecule has 0 spiro atoms. The molecule has 0 radical (unpaired) electrons. The average molecular weight is 184 g/mol. The Balaban J connectivity index is 2.82. The molecule has 0 saturated heterocycles. The predicted molar refractivity (Wildman–Crippen MR) is 60.0 cm³/mol. The van der Waals surface area contributed by atoms with Gasteiger partial charge in [-0.25, -0.2) is 0 Å². The Morgan fingerprint density at radius 2 is 2.14 bits per heavy atom. The zero-order valence-corrected chi connectivity index (χ0v) is 7.90. The van der Waals surface area contributed by atoms with E-state index in [2.05, 4.69) is 23.8 Å². The fourth-order valence-corrected chi connectivity index (χ4v) is 1.70. The Bertz CT molecular complexity index is 509. The standard InChI is InChI=1S/C12H12N2/c1-2-9-7-11(14-13)8-10-5-3-4-6-12(9)10/h2-6,8H,1,7,13H2. The van der Waals surface area contributed by atoms with Gasteiger partial charge in [-0.05, 0) is 22.1 Å². The van der Waals surface area contributed by atoms with E-state index in [1.54, 1.807) is 0 Å². The fraction of sp³-hybridized carbons (Fsp3) is 0.0833. The average Bonchev–Trinajstić information content (AvgIpc) is 2.27. The van der Waals surface area contributed by atoms with Crippen LogP contribution in [0.3, 0.4) is 0 Å². The molecule has 2 rings (SSSR count).